The molecule has 0 aliphatic rings. The zero-order chi connectivity index (χ0) is 13.5. The van der Waals surface area contributed by atoms with Crippen molar-refractivity contribution in [3.63, 3.8) is 0 Å². The Labute approximate surface area is 116 Å². The Morgan fingerprint density at radius 2 is 2.11 bits per heavy atom. The number of amides is 1. The van der Waals surface area contributed by atoms with Crippen LogP contribution in [0, 0.1) is 0 Å². The predicted octanol–water partition coefficient (Wildman–Crippen LogP) is 1.54. The second-order valence-corrected chi connectivity index (χ2v) is 5.01. The molecule has 6 heteroatoms. The molecule has 0 spiro atoms. The van der Waals surface area contributed by atoms with Crippen molar-refractivity contribution in [3.8, 4) is 10.6 Å². The van der Waals surface area contributed by atoms with Gasteiger partial charge < -0.3 is 10.6 Å². The van der Waals surface area contributed by atoms with E-state index in [4.69, 9.17) is 0 Å². The van der Waals surface area contributed by atoms with E-state index in [0.717, 1.165) is 23.5 Å². The molecule has 0 saturated heterocycles. The molecule has 0 bridgehead atoms. The van der Waals surface area contributed by atoms with Gasteiger partial charge in [-0.05, 0) is 32.1 Å². The highest BCUT2D eigenvalue weighted by Gasteiger charge is 2.10. The van der Waals surface area contributed by atoms with Gasteiger partial charge in [0.25, 0.3) is 5.91 Å². The summed E-state index contributed by atoms with van der Waals surface area (Å²) in [5.74, 6) is -0.0612. The maximum Gasteiger partial charge on any atom is 0.263 e. The van der Waals surface area contributed by atoms with Crippen LogP contribution in [0.3, 0.4) is 0 Å². The summed E-state index contributed by atoms with van der Waals surface area (Å²) >= 11 is 1.39. The molecule has 0 atom stereocenters. The number of rotatable bonds is 6. The number of aromatic nitrogens is 2. The lowest BCUT2D eigenvalue weighted by molar-refractivity contribution is 0.0957. The molecular weight excluding hydrogens is 260 g/mol. The van der Waals surface area contributed by atoms with Crippen LogP contribution in [0.25, 0.3) is 10.6 Å². The number of hydrogen-bond donors (Lipinski definition) is 2. The molecule has 100 valence electrons. The van der Waals surface area contributed by atoms with Crippen LogP contribution in [0.15, 0.2) is 30.7 Å². The lowest BCUT2D eigenvalue weighted by Crippen LogP contribution is -2.25. The lowest BCUT2D eigenvalue weighted by Gasteiger charge is -2.02. The van der Waals surface area contributed by atoms with Crippen molar-refractivity contribution in [1.29, 1.82) is 0 Å². The van der Waals surface area contributed by atoms with Crippen molar-refractivity contribution in [3.05, 3.63) is 35.6 Å². The number of hydrogen-bond acceptors (Lipinski definition) is 5. The van der Waals surface area contributed by atoms with E-state index < -0.39 is 0 Å². The summed E-state index contributed by atoms with van der Waals surface area (Å²) in [5, 5.41) is 6.75. The van der Waals surface area contributed by atoms with Crippen molar-refractivity contribution in [2.75, 3.05) is 20.1 Å². The molecule has 2 aromatic rings. The first-order valence-corrected chi connectivity index (χ1v) is 6.92. The third-order valence-corrected chi connectivity index (χ3v) is 3.59. The Hall–Kier alpha value is -1.79. The molecule has 1 amide bonds. The van der Waals surface area contributed by atoms with E-state index in [1.165, 1.54) is 11.3 Å². The number of nitrogens with zero attached hydrogens (tertiary/aromatic N) is 2. The molecule has 0 aliphatic carbocycles. The normalized spacial score (nSPS) is 10.4. The largest absolute Gasteiger partial charge is 0.351 e. The highest BCUT2D eigenvalue weighted by molar-refractivity contribution is 7.16. The summed E-state index contributed by atoms with van der Waals surface area (Å²) in [4.78, 5) is 20.7. The van der Waals surface area contributed by atoms with Gasteiger partial charge in [0.2, 0.25) is 0 Å². The minimum absolute atomic E-state index is 0.0612. The number of carbonyl (C=O) groups excluding carboxylic acids is 1. The van der Waals surface area contributed by atoms with Gasteiger partial charge in [-0.15, -0.1) is 11.3 Å². The Bertz CT molecular complexity index is 526. The Morgan fingerprint density at radius 1 is 1.32 bits per heavy atom. The summed E-state index contributed by atoms with van der Waals surface area (Å²) in [6.07, 6.45) is 5.97. The number of carbonyl (C=O) groups is 1. The van der Waals surface area contributed by atoms with Gasteiger partial charge in [0.05, 0.1) is 6.20 Å². The molecule has 2 aromatic heterocycles. The Morgan fingerprint density at radius 3 is 2.84 bits per heavy atom. The summed E-state index contributed by atoms with van der Waals surface area (Å²) in [7, 11) is 1.89. The fraction of sp³-hybridized carbons (Fsp3) is 0.308. The first-order valence-electron chi connectivity index (χ1n) is 6.10. The van der Waals surface area contributed by atoms with Crippen LogP contribution in [0.2, 0.25) is 0 Å². The molecule has 0 fully saturated rings. The van der Waals surface area contributed by atoms with Crippen LogP contribution in [-0.4, -0.2) is 36.0 Å². The average molecular weight is 276 g/mol. The third-order valence-electron chi connectivity index (χ3n) is 2.55. The van der Waals surface area contributed by atoms with Gasteiger partial charge in [0.1, 0.15) is 9.88 Å². The average Bonchev–Trinajstić information content (AvgIpc) is 2.94. The fourth-order valence-electron chi connectivity index (χ4n) is 1.56. The van der Waals surface area contributed by atoms with E-state index in [1.54, 1.807) is 18.6 Å². The minimum Gasteiger partial charge on any atom is -0.351 e. The monoisotopic (exact) mass is 276 g/mol. The first kappa shape index (κ1) is 13.6. The maximum atomic E-state index is 11.9. The van der Waals surface area contributed by atoms with Gasteiger partial charge in [0, 0.05) is 24.5 Å². The van der Waals surface area contributed by atoms with Crippen LogP contribution < -0.4 is 10.6 Å². The number of pyridine rings is 1. The topological polar surface area (TPSA) is 66.9 Å². The van der Waals surface area contributed by atoms with E-state index in [2.05, 4.69) is 20.6 Å². The van der Waals surface area contributed by atoms with Gasteiger partial charge in [-0.25, -0.2) is 4.98 Å². The van der Waals surface area contributed by atoms with Crippen LogP contribution in [-0.2, 0) is 0 Å². The van der Waals surface area contributed by atoms with Gasteiger partial charge in [-0.3, -0.25) is 9.78 Å². The zero-order valence-corrected chi connectivity index (χ0v) is 11.5. The van der Waals surface area contributed by atoms with E-state index in [-0.39, 0.29) is 5.91 Å². The summed E-state index contributed by atoms with van der Waals surface area (Å²) in [6, 6.07) is 3.76. The van der Waals surface area contributed by atoms with Crippen molar-refractivity contribution in [2.45, 2.75) is 6.42 Å². The molecular formula is C13H16N4OS. The van der Waals surface area contributed by atoms with Crippen molar-refractivity contribution in [2.24, 2.45) is 0 Å². The van der Waals surface area contributed by atoms with Crippen molar-refractivity contribution < 1.29 is 4.79 Å². The molecule has 19 heavy (non-hydrogen) atoms. The van der Waals surface area contributed by atoms with Gasteiger partial charge >= 0.3 is 0 Å². The maximum absolute atomic E-state index is 11.9. The highest BCUT2D eigenvalue weighted by atomic mass is 32.1. The highest BCUT2D eigenvalue weighted by Crippen LogP contribution is 2.24. The van der Waals surface area contributed by atoms with E-state index in [9.17, 15) is 4.79 Å². The molecule has 0 unspecified atom stereocenters. The quantitative estimate of drug-likeness (QED) is 0.786. The van der Waals surface area contributed by atoms with E-state index in [0.29, 0.717) is 11.4 Å². The van der Waals surface area contributed by atoms with Crippen LogP contribution in [0.1, 0.15) is 16.1 Å². The fourth-order valence-corrected chi connectivity index (χ4v) is 2.40. The summed E-state index contributed by atoms with van der Waals surface area (Å²) in [5.41, 5.74) is 0.981. The number of thiazole rings is 1. The molecule has 0 radical (unpaired) electrons. The van der Waals surface area contributed by atoms with Crippen LogP contribution in [0.4, 0.5) is 0 Å². The molecule has 5 nitrogen and oxygen atoms in total. The van der Waals surface area contributed by atoms with E-state index >= 15 is 0 Å². The summed E-state index contributed by atoms with van der Waals surface area (Å²) < 4.78 is 0. The second-order valence-electron chi connectivity index (χ2n) is 3.98. The Balaban J connectivity index is 1.95. The molecule has 2 heterocycles. The third kappa shape index (κ3) is 3.84. The minimum atomic E-state index is -0.0612. The predicted molar refractivity (Wildman–Crippen MR) is 76.2 cm³/mol. The number of nitrogens with one attached hydrogen (secondary N) is 2. The van der Waals surface area contributed by atoms with Gasteiger partial charge in [-0.2, -0.15) is 0 Å². The first-order chi connectivity index (χ1) is 9.31. The molecule has 0 aromatic carbocycles. The van der Waals surface area contributed by atoms with Crippen molar-refractivity contribution >= 4 is 17.2 Å². The van der Waals surface area contributed by atoms with Crippen LogP contribution >= 0.6 is 11.3 Å². The Kier molecular flexibility index (Phi) is 5.00. The lowest BCUT2D eigenvalue weighted by atomic mass is 10.3. The SMILES string of the molecule is CNCCCNC(=O)c1cnc(-c2ccncc2)s1. The second kappa shape index (κ2) is 6.96. The molecule has 0 aliphatic heterocycles. The summed E-state index contributed by atoms with van der Waals surface area (Å²) in [6.45, 7) is 1.56. The van der Waals surface area contributed by atoms with E-state index in [1.807, 2.05) is 19.2 Å². The smallest absolute Gasteiger partial charge is 0.263 e. The zero-order valence-electron chi connectivity index (χ0n) is 10.7. The van der Waals surface area contributed by atoms with Gasteiger partial charge in [-0.1, -0.05) is 0 Å². The molecule has 2 rings (SSSR count). The van der Waals surface area contributed by atoms with Gasteiger partial charge in [0.15, 0.2) is 0 Å². The van der Waals surface area contributed by atoms with Crippen molar-refractivity contribution in [1.82, 2.24) is 20.6 Å². The standard InChI is InChI=1S/C13H16N4OS/c1-14-5-2-6-16-12(18)11-9-17-13(19-11)10-3-7-15-8-4-10/h3-4,7-9,14H,2,5-6H2,1H3,(H,16,18). The molecule has 2 N–H and O–H groups in total. The van der Waals surface area contributed by atoms with Crippen LogP contribution in [0.5, 0.6) is 0 Å². The molecule has 0 saturated carbocycles.